The Morgan fingerprint density at radius 1 is 1.14 bits per heavy atom. The second-order valence-electron chi connectivity index (χ2n) is 7.48. The maximum Gasteiger partial charge on any atom is 0.337 e. The molecule has 0 radical (unpaired) electrons. The minimum absolute atomic E-state index is 0.0507. The zero-order valence-corrected chi connectivity index (χ0v) is 20.9. The smallest absolute Gasteiger partial charge is 0.337 e. The number of sulfone groups is 1. The lowest BCUT2D eigenvalue weighted by Gasteiger charge is -2.26. The van der Waals surface area contributed by atoms with Crippen LogP contribution in [0.1, 0.15) is 17.3 Å². The van der Waals surface area contributed by atoms with E-state index in [1.807, 2.05) is 0 Å². The molecule has 190 valence electrons. The number of fused-ring (bicyclic) bond motifs is 1. The van der Waals surface area contributed by atoms with Gasteiger partial charge in [0.25, 0.3) is 5.91 Å². The molecule has 2 aromatic rings. The van der Waals surface area contributed by atoms with Crippen LogP contribution in [0.15, 0.2) is 23.2 Å². The predicted molar refractivity (Wildman–Crippen MR) is 124 cm³/mol. The standard InChI is InChI=1S/C21H25N3O9S2/c1-3-33-19(27)11-24-15-5-4-14(20(28)31-2)10-16(15)34-21(24)22-17(25)12-35(29,30)13-18(26)23-6-8-32-9-7-23/h4-5,10H,3,6-9,11-13H2,1-2H3. The van der Waals surface area contributed by atoms with Crippen molar-refractivity contribution in [2.24, 2.45) is 4.99 Å². The molecule has 1 aliphatic rings. The SMILES string of the molecule is CCOC(=O)Cn1c(=NC(=O)CS(=O)(=O)CC(=O)N2CCOCC2)sc2cc(C(=O)OC)ccc21. The molecule has 1 aromatic heterocycles. The zero-order chi connectivity index (χ0) is 25.6. The molecule has 2 heterocycles. The third-order valence-electron chi connectivity index (χ3n) is 4.97. The fourth-order valence-corrected chi connectivity index (χ4v) is 5.55. The van der Waals surface area contributed by atoms with Gasteiger partial charge in [0.15, 0.2) is 14.6 Å². The third kappa shape index (κ3) is 6.96. The van der Waals surface area contributed by atoms with Gasteiger partial charge in [0, 0.05) is 13.1 Å². The van der Waals surface area contributed by atoms with Crippen molar-refractivity contribution in [1.29, 1.82) is 0 Å². The second kappa shape index (κ2) is 11.6. The van der Waals surface area contributed by atoms with Crippen molar-refractivity contribution in [3.8, 4) is 0 Å². The highest BCUT2D eigenvalue weighted by Gasteiger charge is 2.26. The molecule has 35 heavy (non-hydrogen) atoms. The van der Waals surface area contributed by atoms with Gasteiger partial charge in [0.2, 0.25) is 5.91 Å². The molecule has 0 spiro atoms. The molecule has 3 rings (SSSR count). The summed E-state index contributed by atoms with van der Waals surface area (Å²) in [6.45, 7) is 2.74. The van der Waals surface area contributed by atoms with Crippen molar-refractivity contribution >= 4 is 55.1 Å². The molecule has 0 atom stereocenters. The summed E-state index contributed by atoms with van der Waals surface area (Å²) < 4.78 is 41.7. The highest BCUT2D eigenvalue weighted by atomic mass is 32.2. The summed E-state index contributed by atoms with van der Waals surface area (Å²) in [7, 11) is -2.84. The van der Waals surface area contributed by atoms with Gasteiger partial charge < -0.3 is 23.7 Å². The van der Waals surface area contributed by atoms with Gasteiger partial charge in [-0.1, -0.05) is 11.3 Å². The highest BCUT2D eigenvalue weighted by Crippen LogP contribution is 2.20. The number of hydrogen-bond donors (Lipinski definition) is 0. The van der Waals surface area contributed by atoms with E-state index in [1.165, 1.54) is 28.7 Å². The Bertz CT molecular complexity index is 1310. The van der Waals surface area contributed by atoms with E-state index in [0.29, 0.717) is 23.4 Å². The summed E-state index contributed by atoms with van der Waals surface area (Å²) in [5, 5.41) is 0. The Hall–Kier alpha value is -3.10. The van der Waals surface area contributed by atoms with E-state index in [9.17, 15) is 27.6 Å². The fraction of sp³-hybridized carbons (Fsp3) is 0.476. The minimum atomic E-state index is -4.08. The van der Waals surface area contributed by atoms with Crippen LogP contribution >= 0.6 is 11.3 Å². The van der Waals surface area contributed by atoms with Crippen molar-refractivity contribution in [3.05, 3.63) is 28.6 Å². The largest absolute Gasteiger partial charge is 0.465 e. The normalized spacial score (nSPS) is 14.7. The summed E-state index contributed by atoms with van der Waals surface area (Å²) in [5.74, 6) is -4.52. The van der Waals surface area contributed by atoms with E-state index in [1.54, 1.807) is 13.0 Å². The number of morpholine rings is 1. The van der Waals surface area contributed by atoms with Crippen LogP contribution in [0.25, 0.3) is 10.2 Å². The van der Waals surface area contributed by atoms with Crippen LogP contribution in [0.5, 0.6) is 0 Å². The van der Waals surface area contributed by atoms with Crippen molar-refractivity contribution in [2.75, 3.05) is 51.5 Å². The molecule has 1 saturated heterocycles. The Labute approximate surface area is 205 Å². The van der Waals surface area contributed by atoms with E-state index in [4.69, 9.17) is 14.2 Å². The summed E-state index contributed by atoms with van der Waals surface area (Å²) >= 11 is 0.993. The Morgan fingerprint density at radius 3 is 2.51 bits per heavy atom. The van der Waals surface area contributed by atoms with Crippen molar-refractivity contribution in [3.63, 3.8) is 0 Å². The van der Waals surface area contributed by atoms with E-state index in [0.717, 1.165) is 11.3 Å². The molecule has 0 bridgehead atoms. The third-order valence-corrected chi connectivity index (χ3v) is 7.38. The number of hydrogen-bond acceptors (Lipinski definition) is 10. The van der Waals surface area contributed by atoms with E-state index in [2.05, 4.69) is 4.99 Å². The number of esters is 2. The predicted octanol–water partition coefficient (Wildman–Crippen LogP) is -0.247. The van der Waals surface area contributed by atoms with Crippen LogP contribution in [0, 0.1) is 0 Å². The van der Waals surface area contributed by atoms with Crippen molar-refractivity contribution in [1.82, 2.24) is 9.47 Å². The molecule has 12 nitrogen and oxygen atoms in total. The average Bonchev–Trinajstić information content (AvgIpc) is 3.14. The molecule has 0 unspecified atom stereocenters. The van der Waals surface area contributed by atoms with Crippen LogP contribution in [-0.4, -0.2) is 93.2 Å². The molecule has 0 saturated carbocycles. The number of carbonyl (C=O) groups excluding carboxylic acids is 4. The van der Waals surface area contributed by atoms with Crippen LogP contribution in [-0.2, 0) is 45.0 Å². The topological polar surface area (TPSA) is 151 Å². The van der Waals surface area contributed by atoms with Crippen LogP contribution < -0.4 is 4.80 Å². The molecule has 2 amide bonds. The lowest BCUT2D eigenvalue weighted by Crippen LogP contribution is -2.43. The first-order chi connectivity index (χ1) is 16.6. The molecule has 1 aromatic carbocycles. The van der Waals surface area contributed by atoms with Crippen molar-refractivity contribution in [2.45, 2.75) is 13.5 Å². The quantitative estimate of drug-likeness (QED) is 0.423. The molecular formula is C21H25N3O9S2. The van der Waals surface area contributed by atoms with Crippen LogP contribution in [0.3, 0.4) is 0 Å². The van der Waals surface area contributed by atoms with E-state index < -0.39 is 45.1 Å². The Kier molecular flexibility index (Phi) is 8.75. The second-order valence-corrected chi connectivity index (χ2v) is 10.6. The monoisotopic (exact) mass is 527 g/mol. The maximum absolute atomic E-state index is 12.6. The number of benzene rings is 1. The number of amides is 2. The van der Waals surface area contributed by atoms with Gasteiger partial charge in [0.1, 0.15) is 18.1 Å². The zero-order valence-electron chi connectivity index (χ0n) is 19.2. The Balaban J connectivity index is 1.88. The number of aromatic nitrogens is 1. The lowest BCUT2D eigenvalue weighted by atomic mass is 10.2. The number of methoxy groups -OCH3 is 1. The molecule has 14 heteroatoms. The average molecular weight is 528 g/mol. The maximum atomic E-state index is 12.6. The molecule has 0 aliphatic carbocycles. The van der Waals surface area contributed by atoms with Gasteiger partial charge in [-0.25, -0.2) is 13.2 Å². The number of nitrogens with zero attached hydrogens (tertiary/aromatic N) is 3. The number of ether oxygens (including phenoxy) is 3. The number of carbonyl (C=O) groups is 4. The summed E-state index contributed by atoms with van der Waals surface area (Å²) in [6, 6.07) is 4.59. The van der Waals surface area contributed by atoms with Gasteiger partial charge in [-0.2, -0.15) is 4.99 Å². The fourth-order valence-electron chi connectivity index (χ4n) is 3.36. The molecule has 0 N–H and O–H groups in total. The lowest BCUT2D eigenvalue weighted by molar-refractivity contribution is -0.143. The first-order valence-corrected chi connectivity index (χ1v) is 13.3. The van der Waals surface area contributed by atoms with Gasteiger partial charge in [0.05, 0.1) is 42.7 Å². The van der Waals surface area contributed by atoms with Crippen molar-refractivity contribution < 1.29 is 41.8 Å². The van der Waals surface area contributed by atoms with E-state index >= 15 is 0 Å². The number of thiazole rings is 1. The minimum Gasteiger partial charge on any atom is -0.465 e. The first kappa shape index (κ1) is 26.5. The highest BCUT2D eigenvalue weighted by molar-refractivity contribution is 7.92. The van der Waals surface area contributed by atoms with Gasteiger partial charge in [-0.3, -0.25) is 14.4 Å². The molecule has 1 fully saturated rings. The summed E-state index contributed by atoms with van der Waals surface area (Å²) in [5.41, 5.74) is 0.749. The summed E-state index contributed by atoms with van der Waals surface area (Å²) in [4.78, 5) is 54.2. The first-order valence-electron chi connectivity index (χ1n) is 10.6. The van der Waals surface area contributed by atoms with E-state index in [-0.39, 0.29) is 36.6 Å². The number of rotatable bonds is 8. The van der Waals surface area contributed by atoms with Gasteiger partial charge in [-0.15, -0.1) is 0 Å². The van der Waals surface area contributed by atoms with Crippen LogP contribution in [0.4, 0.5) is 0 Å². The Morgan fingerprint density at radius 2 is 1.86 bits per heavy atom. The summed E-state index contributed by atoms with van der Waals surface area (Å²) in [6.07, 6.45) is 0. The van der Waals surface area contributed by atoms with Gasteiger partial charge >= 0.3 is 11.9 Å². The molecular weight excluding hydrogens is 502 g/mol. The van der Waals surface area contributed by atoms with Crippen LogP contribution in [0.2, 0.25) is 0 Å². The molecule has 1 aliphatic heterocycles. The van der Waals surface area contributed by atoms with Gasteiger partial charge in [-0.05, 0) is 25.1 Å².